The molecule has 6 heteroatoms. The zero-order valence-corrected chi connectivity index (χ0v) is 59.7. The first-order valence-corrected chi connectivity index (χ1v) is 37.6. The molecule has 110 heavy (non-hydrogen) atoms. The van der Waals surface area contributed by atoms with Crippen molar-refractivity contribution in [2.24, 2.45) is 0 Å². The molecule has 22 aromatic rings. The molecule has 6 nitrogen and oxygen atoms in total. The van der Waals surface area contributed by atoms with Crippen LogP contribution >= 0.6 is 0 Å². The second kappa shape index (κ2) is 25.5. The van der Waals surface area contributed by atoms with Gasteiger partial charge in [0.2, 0.25) is 0 Å². The summed E-state index contributed by atoms with van der Waals surface area (Å²) in [6.45, 7) is 0. The largest absolute Gasteiger partial charge is 0.456 e. The summed E-state index contributed by atoms with van der Waals surface area (Å²) >= 11 is 0. The van der Waals surface area contributed by atoms with Crippen molar-refractivity contribution in [3.63, 3.8) is 0 Å². The maximum Gasteiger partial charge on any atom is 0.143 e. The van der Waals surface area contributed by atoms with Crippen molar-refractivity contribution in [2.75, 3.05) is 9.80 Å². The highest BCUT2D eigenvalue weighted by Crippen LogP contribution is 2.48. The number of aromatic nitrogens is 2. The van der Waals surface area contributed by atoms with Crippen LogP contribution in [0.2, 0.25) is 0 Å². The van der Waals surface area contributed by atoms with Gasteiger partial charge in [-0.2, -0.15) is 0 Å². The monoisotopic (exact) mass is 1400 g/mol. The molecule has 4 aromatic heterocycles. The Morgan fingerprint density at radius 2 is 0.545 bits per heavy atom. The Labute approximate surface area is 634 Å². The zero-order chi connectivity index (χ0) is 72.3. The normalized spacial score (nSPS) is 11.8. The average molecular weight is 1400 g/mol. The summed E-state index contributed by atoms with van der Waals surface area (Å²) in [5, 5.41) is 14.1. The summed E-state index contributed by atoms with van der Waals surface area (Å²) in [5.41, 5.74) is 27.8. The van der Waals surface area contributed by atoms with E-state index in [9.17, 15) is 0 Å². The summed E-state index contributed by atoms with van der Waals surface area (Å²) in [6, 6.07) is 145. The summed E-state index contributed by atoms with van der Waals surface area (Å²) in [7, 11) is 0. The highest BCUT2D eigenvalue weighted by atomic mass is 16.3. The van der Waals surface area contributed by atoms with Gasteiger partial charge >= 0.3 is 0 Å². The van der Waals surface area contributed by atoms with E-state index in [1.807, 2.05) is 12.1 Å². The van der Waals surface area contributed by atoms with E-state index in [-0.39, 0.29) is 0 Å². The number of fused-ring (bicyclic) bond motifs is 14. The molecule has 0 aliphatic carbocycles. The first-order valence-electron chi connectivity index (χ1n) is 37.6. The van der Waals surface area contributed by atoms with Crippen molar-refractivity contribution < 1.29 is 8.83 Å². The molecular formula is C104H66N4O2. The molecule has 0 saturated heterocycles. The molecule has 0 atom stereocenters. The van der Waals surface area contributed by atoms with Crippen molar-refractivity contribution in [1.29, 1.82) is 0 Å². The highest BCUT2D eigenvalue weighted by Gasteiger charge is 2.24. The molecule has 514 valence electrons. The van der Waals surface area contributed by atoms with Crippen LogP contribution in [0.1, 0.15) is 0 Å². The van der Waals surface area contributed by atoms with E-state index >= 15 is 0 Å². The van der Waals surface area contributed by atoms with Crippen LogP contribution in [0, 0.1) is 0 Å². The maximum atomic E-state index is 7.18. The van der Waals surface area contributed by atoms with Crippen LogP contribution in [-0.2, 0) is 0 Å². The minimum Gasteiger partial charge on any atom is -0.456 e. The van der Waals surface area contributed by atoms with E-state index in [4.69, 9.17) is 8.83 Å². The van der Waals surface area contributed by atoms with Gasteiger partial charge in [-0.25, -0.2) is 0 Å². The number of benzene rings is 18. The number of nitrogens with zero attached hydrogens (tertiary/aromatic N) is 4. The molecule has 0 saturated carbocycles. The van der Waals surface area contributed by atoms with Crippen LogP contribution in [0.15, 0.2) is 409 Å². The van der Waals surface area contributed by atoms with E-state index < -0.39 is 0 Å². The Bertz CT molecular complexity index is 7320. The Morgan fingerprint density at radius 1 is 0.191 bits per heavy atom. The molecular weight excluding hydrogens is 1340 g/mol. The summed E-state index contributed by atoms with van der Waals surface area (Å²) in [6.07, 6.45) is 0. The van der Waals surface area contributed by atoms with Crippen LogP contribution in [0.5, 0.6) is 0 Å². The van der Waals surface area contributed by atoms with E-state index in [0.29, 0.717) is 0 Å². The molecule has 0 unspecified atom stereocenters. The third-order valence-electron chi connectivity index (χ3n) is 22.5. The summed E-state index contributed by atoms with van der Waals surface area (Å²) in [4.78, 5) is 4.75. The predicted molar refractivity (Wildman–Crippen MR) is 461 cm³/mol. The van der Waals surface area contributed by atoms with E-state index in [0.717, 1.165) is 150 Å². The summed E-state index contributed by atoms with van der Waals surface area (Å²) < 4.78 is 18.3. The van der Waals surface area contributed by atoms with E-state index in [1.54, 1.807) is 0 Å². The lowest BCUT2D eigenvalue weighted by atomic mass is 9.95. The van der Waals surface area contributed by atoms with Crippen LogP contribution in [0.3, 0.4) is 0 Å². The predicted octanol–water partition coefficient (Wildman–Crippen LogP) is 29.3. The van der Waals surface area contributed by atoms with Crippen LogP contribution in [0.25, 0.3) is 176 Å². The standard InChI is InChI=1S/C104H66N4O2/c1-3-26-81-67(20-1)22-14-32-83(81)69-46-52-73(53-47-69)105(74-54-48-70(49-55-74)85-34-18-44-99-102(85)92-31-8-12-43-98(92)109-99)76-58-64-79(65-59-76)108-96-41-11-7-30-91(96)101-89(36-17-42-97(101)108)90-37-16-38-93-103-86(35-19-45-100(103)110-104(90)93)71-50-56-75(57-51-71)106(80-25-13-24-72(66-80)84-33-15-23-68-21-2-4-27-82(68)84)77-60-62-78(63-61-77)107-94-39-9-5-28-87(94)88-29-6-10-40-95(88)107/h1-66H. The van der Waals surface area contributed by atoms with Crippen LogP contribution < -0.4 is 9.80 Å². The van der Waals surface area contributed by atoms with Gasteiger partial charge in [0.15, 0.2) is 0 Å². The van der Waals surface area contributed by atoms with Crippen LogP contribution in [-0.4, -0.2) is 9.13 Å². The fourth-order valence-electron chi connectivity index (χ4n) is 17.6. The van der Waals surface area contributed by atoms with Crippen LogP contribution in [0.4, 0.5) is 34.1 Å². The fraction of sp³-hybridized carbons (Fsp3) is 0. The number of anilines is 6. The Kier molecular flexibility index (Phi) is 14.5. The molecule has 22 rings (SSSR count). The molecule has 18 aromatic carbocycles. The number of hydrogen-bond donors (Lipinski definition) is 0. The van der Waals surface area contributed by atoms with Gasteiger partial charge in [-0.1, -0.05) is 261 Å². The van der Waals surface area contributed by atoms with Gasteiger partial charge in [-0.15, -0.1) is 0 Å². The first kappa shape index (κ1) is 62.6. The van der Waals surface area contributed by atoms with E-state index in [1.165, 1.54) is 60.0 Å². The van der Waals surface area contributed by atoms with Gasteiger partial charge in [0.1, 0.15) is 22.3 Å². The quantitative estimate of drug-likeness (QED) is 0.115. The van der Waals surface area contributed by atoms with Crippen molar-refractivity contribution in [3.05, 3.63) is 400 Å². The maximum absolute atomic E-state index is 7.18. The van der Waals surface area contributed by atoms with Gasteiger partial charge in [0.05, 0.1) is 22.1 Å². The van der Waals surface area contributed by atoms with Gasteiger partial charge < -0.3 is 27.8 Å². The number of rotatable bonds is 13. The van der Waals surface area contributed by atoms with E-state index in [2.05, 4.69) is 407 Å². The number of furan rings is 2. The van der Waals surface area contributed by atoms with Crippen molar-refractivity contribution in [1.82, 2.24) is 9.13 Å². The molecule has 0 fully saturated rings. The Hall–Kier alpha value is -14.7. The third kappa shape index (κ3) is 10.2. The average Bonchev–Trinajstić information content (AvgIpc) is 1.56. The van der Waals surface area contributed by atoms with Crippen molar-refractivity contribution in [3.8, 4) is 67.0 Å². The van der Waals surface area contributed by atoms with Crippen molar-refractivity contribution >= 4 is 143 Å². The lowest BCUT2D eigenvalue weighted by Crippen LogP contribution is -2.10. The summed E-state index contributed by atoms with van der Waals surface area (Å²) in [5.74, 6) is 0. The van der Waals surface area contributed by atoms with Gasteiger partial charge in [0.25, 0.3) is 0 Å². The molecule has 4 heterocycles. The lowest BCUT2D eigenvalue weighted by Gasteiger charge is -2.26. The minimum absolute atomic E-state index is 0.838. The molecule has 0 aliphatic heterocycles. The number of para-hydroxylation sites is 5. The fourth-order valence-corrected chi connectivity index (χ4v) is 17.6. The lowest BCUT2D eigenvalue weighted by molar-refractivity contribution is 0.669. The molecule has 0 bridgehead atoms. The third-order valence-corrected chi connectivity index (χ3v) is 22.5. The Morgan fingerprint density at radius 3 is 1.13 bits per heavy atom. The van der Waals surface area contributed by atoms with Gasteiger partial charge in [0, 0.05) is 94.2 Å². The molecule has 0 radical (unpaired) electrons. The zero-order valence-electron chi connectivity index (χ0n) is 59.7. The smallest absolute Gasteiger partial charge is 0.143 e. The first-order chi connectivity index (χ1) is 54.6. The second-order valence-electron chi connectivity index (χ2n) is 28.6. The molecule has 0 N–H and O–H groups in total. The minimum atomic E-state index is 0.838. The van der Waals surface area contributed by atoms with Crippen molar-refractivity contribution in [2.45, 2.75) is 0 Å². The van der Waals surface area contributed by atoms with Gasteiger partial charge in [-0.3, -0.25) is 0 Å². The number of hydrogen-bond acceptors (Lipinski definition) is 4. The topological polar surface area (TPSA) is 42.6 Å². The van der Waals surface area contributed by atoms with Gasteiger partial charge in [-0.05, 0) is 211 Å². The second-order valence-corrected chi connectivity index (χ2v) is 28.6. The molecule has 0 spiro atoms. The Balaban J connectivity index is 0.622. The molecule has 0 amide bonds. The SMILES string of the molecule is c1cc(-c2cccc3ccccc23)cc(N(c2ccc(-c3cccc4oc5c(-c6cccc7c6c6ccccc6n7-c6ccc(N(c7ccc(-c8cccc9ccccc89)cc7)c7ccc(-c8cccc9oc%10ccccc%10c89)cc7)cc6)cccc5c34)cc2)c2ccc(-n3c4ccccc4c4ccccc43)cc2)c1. The molecule has 0 aliphatic rings. The highest BCUT2D eigenvalue weighted by molar-refractivity contribution is 6.21.